The number of carbonyl (C=O) groups excluding carboxylic acids is 2. The standard InChI is InChI=1S/C20H21N5O3/c1-13-4-5-15(10-18(13)28-3)20(27)24-17-8-6-16(7-9-17)23-19(26)14(2)25-12-21-11-22-25/h4-12,14H,1-3H3,(H,23,26)(H,24,27). The highest BCUT2D eigenvalue weighted by Gasteiger charge is 2.15. The maximum atomic E-state index is 12.4. The number of ether oxygens (including phenoxy) is 1. The third-order valence-electron chi connectivity index (χ3n) is 4.29. The highest BCUT2D eigenvalue weighted by molar-refractivity contribution is 6.04. The van der Waals surface area contributed by atoms with Crippen molar-refractivity contribution in [1.82, 2.24) is 14.8 Å². The minimum absolute atomic E-state index is 0.214. The SMILES string of the molecule is COc1cc(C(=O)Nc2ccc(NC(=O)C(C)n3cncn3)cc2)ccc1C. The molecule has 0 bridgehead atoms. The third kappa shape index (κ3) is 4.35. The summed E-state index contributed by atoms with van der Waals surface area (Å²) >= 11 is 0. The van der Waals surface area contributed by atoms with Gasteiger partial charge >= 0.3 is 0 Å². The predicted molar refractivity (Wildman–Crippen MR) is 105 cm³/mol. The van der Waals surface area contributed by atoms with E-state index in [9.17, 15) is 9.59 Å². The molecule has 3 rings (SSSR count). The van der Waals surface area contributed by atoms with Gasteiger partial charge in [-0.25, -0.2) is 9.67 Å². The first-order valence-electron chi connectivity index (χ1n) is 8.69. The number of hydrogen-bond donors (Lipinski definition) is 2. The number of carbonyl (C=O) groups is 2. The Bertz CT molecular complexity index is 968. The number of amides is 2. The molecule has 1 aromatic heterocycles. The van der Waals surface area contributed by atoms with Crippen molar-refractivity contribution in [1.29, 1.82) is 0 Å². The molecule has 0 aliphatic rings. The number of rotatable bonds is 6. The normalized spacial score (nSPS) is 11.5. The van der Waals surface area contributed by atoms with E-state index in [4.69, 9.17) is 4.74 Å². The van der Waals surface area contributed by atoms with Gasteiger partial charge in [-0.3, -0.25) is 9.59 Å². The van der Waals surface area contributed by atoms with Crippen molar-refractivity contribution in [3.63, 3.8) is 0 Å². The van der Waals surface area contributed by atoms with E-state index >= 15 is 0 Å². The second-order valence-corrected chi connectivity index (χ2v) is 6.26. The molecule has 3 aromatic rings. The summed E-state index contributed by atoms with van der Waals surface area (Å²) < 4.78 is 6.73. The van der Waals surface area contributed by atoms with Crippen molar-refractivity contribution in [2.24, 2.45) is 0 Å². The molecule has 144 valence electrons. The van der Waals surface area contributed by atoms with Crippen LogP contribution >= 0.6 is 0 Å². The Morgan fingerprint density at radius 1 is 1.07 bits per heavy atom. The van der Waals surface area contributed by atoms with Crippen LogP contribution in [0.5, 0.6) is 5.75 Å². The zero-order chi connectivity index (χ0) is 20.1. The van der Waals surface area contributed by atoms with Crippen molar-refractivity contribution in [3.8, 4) is 5.75 Å². The van der Waals surface area contributed by atoms with Gasteiger partial charge in [0.25, 0.3) is 5.91 Å². The van der Waals surface area contributed by atoms with Gasteiger partial charge in [0.1, 0.15) is 24.4 Å². The molecule has 1 heterocycles. The van der Waals surface area contributed by atoms with Gasteiger partial charge in [-0.15, -0.1) is 0 Å². The third-order valence-corrected chi connectivity index (χ3v) is 4.29. The Morgan fingerprint density at radius 2 is 1.75 bits per heavy atom. The summed E-state index contributed by atoms with van der Waals surface area (Å²) in [5.41, 5.74) is 2.69. The molecule has 0 saturated heterocycles. The number of nitrogens with zero attached hydrogens (tertiary/aromatic N) is 3. The molecule has 0 fully saturated rings. The number of hydrogen-bond acceptors (Lipinski definition) is 5. The van der Waals surface area contributed by atoms with Gasteiger partial charge in [0.2, 0.25) is 5.91 Å². The zero-order valence-electron chi connectivity index (χ0n) is 15.8. The highest BCUT2D eigenvalue weighted by Crippen LogP contribution is 2.21. The summed E-state index contributed by atoms with van der Waals surface area (Å²) in [5.74, 6) is 0.205. The van der Waals surface area contributed by atoms with Gasteiger partial charge in [-0.2, -0.15) is 5.10 Å². The van der Waals surface area contributed by atoms with Crippen molar-refractivity contribution < 1.29 is 14.3 Å². The van der Waals surface area contributed by atoms with Crippen LogP contribution in [0.15, 0.2) is 55.1 Å². The highest BCUT2D eigenvalue weighted by atomic mass is 16.5. The molecule has 2 aromatic carbocycles. The molecule has 28 heavy (non-hydrogen) atoms. The van der Waals surface area contributed by atoms with E-state index in [-0.39, 0.29) is 11.8 Å². The lowest BCUT2D eigenvalue weighted by Gasteiger charge is -2.13. The smallest absolute Gasteiger partial charge is 0.255 e. The first-order chi connectivity index (χ1) is 13.5. The fourth-order valence-electron chi connectivity index (χ4n) is 2.59. The van der Waals surface area contributed by atoms with Crippen molar-refractivity contribution in [2.45, 2.75) is 19.9 Å². The van der Waals surface area contributed by atoms with Gasteiger partial charge in [0, 0.05) is 16.9 Å². The van der Waals surface area contributed by atoms with E-state index in [1.54, 1.807) is 50.4 Å². The van der Waals surface area contributed by atoms with Crippen LogP contribution in [0, 0.1) is 6.92 Å². The van der Waals surface area contributed by atoms with Crippen molar-refractivity contribution in [3.05, 3.63) is 66.2 Å². The van der Waals surface area contributed by atoms with Crippen LogP contribution in [0.2, 0.25) is 0 Å². The molecule has 0 radical (unpaired) electrons. The topological polar surface area (TPSA) is 98.1 Å². The van der Waals surface area contributed by atoms with Crippen molar-refractivity contribution in [2.75, 3.05) is 17.7 Å². The molecule has 8 heteroatoms. The maximum absolute atomic E-state index is 12.4. The molecular formula is C20H21N5O3. The molecule has 8 nitrogen and oxygen atoms in total. The summed E-state index contributed by atoms with van der Waals surface area (Å²) in [6.45, 7) is 3.64. The zero-order valence-corrected chi connectivity index (χ0v) is 15.8. The lowest BCUT2D eigenvalue weighted by Crippen LogP contribution is -2.24. The van der Waals surface area contributed by atoms with Gasteiger partial charge in [-0.05, 0) is 55.8 Å². The number of aromatic nitrogens is 3. The van der Waals surface area contributed by atoms with E-state index in [2.05, 4.69) is 20.7 Å². The van der Waals surface area contributed by atoms with Gasteiger partial charge in [0.15, 0.2) is 0 Å². The van der Waals surface area contributed by atoms with Gasteiger partial charge < -0.3 is 15.4 Å². The molecule has 1 atom stereocenters. The first-order valence-corrected chi connectivity index (χ1v) is 8.69. The Kier molecular flexibility index (Phi) is 5.69. The van der Waals surface area contributed by atoms with Crippen molar-refractivity contribution >= 4 is 23.2 Å². The minimum atomic E-state index is -0.488. The number of benzene rings is 2. The Labute approximate surface area is 162 Å². The largest absolute Gasteiger partial charge is 0.496 e. The van der Waals surface area contributed by atoms with E-state index in [0.717, 1.165) is 5.56 Å². The monoisotopic (exact) mass is 379 g/mol. The lowest BCUT2D eigenvalue weighted by molar-refractivity contribution is -0.119. The van der Waals surface area contributed by atoms with E-state index in [1.165, 1.54) is 17.3 Å². The predicted octanol–water partition coefficient (Wildman–Crippen LogP) is 3.05. The summed E-state index contributed by atoms with van der Waals surface area (Å²) in [4.78, 5) is 28.5. The molecule has 0 aliphatic carbocycles. The van der Waals surface area contributed by atoms with Crippen LogP contribution in [0.4, 0.5) is 11.4 Å². The fraction of sp³-hybridized carbons (Fsp3) is 0.200. The summed E-state index contributed by atoms with van der Waals surface area (Å²) in [7, 11) is 1.57. The Morgan fingerprint density at radius 3 is 2.36 bits per heavy atom. The number of anilines is 2. The van der Waals surface area contributed by atoms with E-state index < -0.39 is 6.04 Å². The van der Waals surface area contributed by atoms with Crippen LogP contribution in [0.3, 0.4) is 0 Å². The molecule has 2 amide bonds. The summed E-state index contributed by atoms with van der Waals surface area (Å²) in [5, 5.41) is 9.59. The molecule has 0 aliphatic heterocycles. The average Bonchev–Trinajstić information content (AvgIpc) is 3.24. The maximum Gasteiger partial charge on any atom is 0.255 e. The Balaban J connectivity index is 1.62. The number of methoxy groups -OCH3 is 1. The quantitative estimate of drug-likeness (QED) is 0.686. The minimum Gasteiger partial charge on any atom is -0.496 e. The molecule has 1 unspecified atom stereocenters. The lowest BCUT2D eigenvalue weighted by atomic mass is 10.1. The average molecular weight is 379 g/mol. The van der Waals surface area contributed by atoms with E-state index in [0.29, 0.717) is 22.7 Å². The second-order valence-electron chi connectivity index (χ2n) is 6.26. The van der Waals surface area contributed by atoms with Crippen LogP contribution in [0.1, 0.15) is 28.9 Å². The molecule has 0 saturated carbocycles. The number of aryl methyl sites for hydroxylation is 1. The number of nitrogens with one attached hydrogen (secondary N) is 2. The van der Waals surface area contributed by atoms with Crippen LogP contribution in [-0.4, -0.2) is 33.7 Å². The second kappa shape index (κ2) is 8.34. The fourth-order valence-corrected chi connectivity index (χ4v) is 2.59. The van der Waals surface area contributed by atoms with Gasteiger partial charge in [0.05, 0.1) is 7.11 Å². The van der Waals surface area contributed by atoms with Crippen LogP contribution in [0.25, 0.3) is 0 Å². The molecular weight excluding hydrogens is 358 g/mol. The van der Waals surface area contributed by atoms with E-state index in [1.807, 2.05) is 13.0 Å². The van der Waals surface area contributed by atoms with Crippen LogP contribution in [-0.2, 0) is 4.79 Å². The van der Waals surface area contributed by atoms with Gasteiger partial charge in [-0.1, -0.05) is 6.07 Å². The molecule has 0 spiro atoms. The Hall–Kier alpha value is -3.68. The summed E-state index contributed by atoms with van der Waals surface area (Å²) in [6, 6.07) is 11.7. The molecule has 2 N–H and O–H groups in total. The van der Waals surface area contributed by atoms with Crippen LogP contribution < -0.4 is 15.4 Å². The first kappa shape index (κ1) is 19.1. The summed E-state index contributed by atoms with van der Waals surface area (Å²) in [6.07, 6.45) is 2.87.